The van der Waals surface area contributed by atoms with Crippen molar-refractivity contribution in [1.29, 1.82) is 0 Å². The van der Waals surface area contributed by atoms with Gasteiger partial charge in [-0.15, -0.1) is 11.3 Å². The van der Waals surface area contributed by atoms with Gasteiger partial charge in [-0.3, -0.25) is 4.90 Å². The third kappa shape index (κ3) is 4.15. The fourth-order valence-electron chi connectivity index (χ4n) is 3.21. The van der Waals surface area contributed by atoms with Gasteiger partial charge >= 0.3 is 5.97 Å². The second-order valence-electron chi connectivity index (χ2n) is 6.41. The van der Waals surface area contributed by atoms with E-state index in [1.807, 2.05) is 17.5 Å². The van der Waals surface area contributed by atoms with E-state index in [1.54, 1.807) is 18.3 Å². The van der Waals surface area contributed by atoms with Crippen molar-refractivity contribution in [1.82, 2.24) is 9.62 Å². The van der Waals surface area contributed by atoms with Crippen molar-refractivity contribution < 1.29 is 18.3 Å². The van der Waals surface area contributed by atoms with Crippen LogP contribution in [0.25, 0.3) is 0 Å². The van der Waals surface area contributed by atoms with E-state index in [0.29, 0.717) is 5.56 Å². The monoisotopic (exact) mass is 394 g/mol. The van der Waals surface area contributed by atoms with Crippen molar-refractivity contribution >= 4 is 27.3 Å². The summed E-state index contributed by atoms with van der Waals surface area (Å²) in [5.41, 5.74) is 0.534. The molecular weight excluding hydrogens is 372 g/mol. The summed E-state index contributed by atoms with van der Waals surface area (Å²) in [6.07, 6.45) is 2.24. The summed E-state index contributed by atoms with van der Waals surface area (Å²) < 4.78 is 28.0. The summed E-state index contributed by atoms with van der Waals surface area (Å²) in [5, 5.41) is 11.2. The number of nitrogens with zero attached hydrogens (tertiary/aromatic N) is 1. The molecule has 2 aromatic rings. The minimum Gasteiger partial charge on any atom is -0.478 e. The lowest BCUT2D eigenvalue weighted by Crippen LogP contribution is -2.36. The van der Waals surface area contributed by atoms with E-state index < -0.39 is 16.0 Å². The number of nitrogens with one attached hydrogen (secondary N) is 1. The number of aromatic carboxylic acids is 1. The Morgan fingerprint density at radius 2 is 2.04 bits per heavy atom. The third-order valence-electron chi connectivity index (χ3n) is 4.67. The van der Waals surface area contributed by atoms with Crippen LogP contribution in [0, 0.1) is 6.92 Å². The molecule has 1 aliphatic heterocycles. The van der Waals surface area contributed by atoms with Crippen LogP contribution in [0.3, 0.4) is 0 Å². The van der Waals surface area contributed by atoms with Crippen LogP contribution in [-0.2, 0) is 10.0 Å². The van der Waals surface area contributed by atoms with E-state index in [4.69, 9.17) is 0 Å². The van der Waals surface area contributed by atoms with E-state index in [-0.39, 0.29) is 23.0 Å². The van der Waals surface area contributed by atoms with Crippen LogP contribution in [0.1, 0.15) is 39.7 Å². The molecule has 2 heterocycles. The molecule has 8 heteroatoms. The van der Waals surface area contributed by atoms with Crippen LogP contribution >= 0.6 is 11.3 Å². The predicted molar refractivity (Wildman–Crippen MR) is 101 cm³/mol. The Hall–Kier alpha value is -1.74. The summed E-state index contributed by atoms with van der Waals surface area (Å²) >= 11 is 1.62. The highest BCUT2D eigenvalue weighted by Gasteiger charge is 2.26. The molecule has 0 bridgehead atoms. The zero-order valence-corrected chi connectivity index (χ0v) is 16.1. The van der Waals surface area contributed by atoms with Gasteiger partial charge in [0.05, 0.1) is 16.5 Å². The Morgan fingerprint density at radius 1 is 1.31 bits per heavy atom. The molecule has 1 aromatic carbocycles. The number of likely N-dealkylation sites (tertiary alicyclic amines) is 1. The minimum atomic E-state index is -3.78. The van der Waals surface area contributed by atoms with E-state index in [1.165, 1.54) is 18.2 Å². The summed E-state index contributed by atoms with van der Waals surface area (Å²) in [6.45, 7) is 3.82. The first-order chi connectivity index (χ1) is 12.4. The fourth-order valence-corrected chi connectivity index (χ4v) is 5.14. The predicted octanol–water partition coefficient (Wildman–Crippen LogP) is 2.87. The molecule has 0 amide bonds. The summed E-state index contributed by atoms with van der Waals surface area (Å²) in [5.74, 6) is -1.13. The summed E-state index contributed by atoms with van der Waals surface area (Å²) in [7, 11) is -3.78. The molecule has 26 heavy (non-hydrogen) atoms. The number of carboxylic acid groups (broad SMARTS) is 1. The number of hydrogen-bond acceptors (Lipinski definition) is 5. The highest BCUT2D eigenvalue weighted by Crippen LogP contribution is 2.28. The Balaban J connectivity index is 1.80. The number of carbonyl (C=O) groups is 1. The van der Waals surface area contributed by atoms with Gasteiger partial charge < -0.3 is 5.11 Å². The molecule has 0 spiro atoms. The molecule has 1 fully saturated rings. The number of rotatable bonds is 7. The maximum absolute atomic E-state index is 12.7. The van der Waals surface area contributed by atoms with Crippen LogP contribution in [0.2, 0.25) is 0 Å². The quantitative estimate of drug-likeness (QED) is 0.754. The zero-order chi connectivity index (χ0) is 18.7. The molecule has 0 aliphatic carbocycles. The Bertz CT molecular complexity index is 873. The Morgan fingerprint density at radius 3 is 2.65 bits per heavy atom. The lowest BCUT2D eigenvalue weighted by molar-refractivity contribution is 0.0696. The van der Waals surface area contributed by atoms with Crippen LogP contribution < -0.4 is 4.72 Å². The maximum Gasteiger partial charge on any atom is 0.335 e. The van der Waals surface area contributed by atoms with E-state index in [9.17, 15) is 18.3 Å². The van der Waals surface area contributed by atoms with Gasteiger partial charge in [-0.25, -0.2) is 17.9 Å². The van der Waals surface area contributed by atoms with E-state index in [0.717, 1.165) is 30.8 Å². The van der Waals surface area contributed by atoms with Crippen molar-refractivity contribution in [3.05, 3.63) is 51.7 Å². The fraction of sp³-hybridized carbons (Fsp3) is 0.389. The van der Waals surface area contributed by atoms with Crippen LogP contribution in [0.4, 0.5) is 0 Å². The van der Waals surface area contributed by atoms with Crippen molar-refractivity contribution in [2.75, 3.05) is 19.6 Å². The molecule has 140 valence electrons. The number of thiophene rings is 1. The normalized spacial score (nSPS) is 16.7. The average Bonchev–Trinajstić information content (AvgIpc) is 3.29. The Kier molecular flexibility index (Phi) is 5.76. The highest BCUT2D eigenvalue weighted by atomic mass is 32.2. The minimum absolute atomic E-state index is 0.00206. The maximum atomic E-state index is 12.7. The lowest BCUT2D eigenvalue weighted by Gasteiger charge is -2.26. The molecule has 0 unspecified atom stereocenters. The zero-order valence-electron chi connectivity index (χ0n) is 14.5. The number of hydrogen-bond donors (Lipinski definition) is 2. The van der Waals surface area contributed by atoms with Gasteiger partial charge in [0.25, 0.3) is 0 Å². The number of sulfonamides is 1. The number of aryl methyl sites for hydroxylation is 1. The summed E-state index contributed by atoms with van der Waals surface area (Å²) in [6, 6.07) is 8.18. The first-order valence-corrected chi connectivity index (χ1v) is 10.9. The molecule has 1 saturated heterocycles. The Labute approximate surface area is 157 Å². The average molecular weight is 395 g/mol. The van der Waals surface area contributed by atoms with Crippen LogP contribution in [-0.4, -0.2) is 44.0 Å². The molecule has 1 aromatic heterocycles. The molecule has 1 aliphatic rings. The van der Waals surface area contributed by atoms with Crippen molar-refractivity contribution in [3.8, 4) is 0 Å². The van der Waals surface area contributed by atoms with Gasteiger partial charge in [0, 0.05) is 11.4 Å². The number of benzene rings is 1. The standard InChI is InChI=1S/C18H22N2O4S2/c1-13-6-7-14(11-15(13)18(21)22)26(23,24)19-12-16(17-5-4-10-25-17)20-8-2-3-9-20/h4-7,10-11,16,19H,2-3,8-9,12H2,1H3,(H,21,22)/t16-/m0/s1. The molecule has 2 N–H and O–H groups in total. The van der Waals surface area contributed by atoms with Crippen LogP contribution in [0.5, 0.6) is 0 Å². The van der Waals surface area contributed by atoms with Gasteiger partial charge in [0.15, 0.2) is 0 Å². The van der Waals surface area contributed by atoms with Gasteiger partial charge in [0.1, 0.15) is 0 Å². The molecule has 0 radical (unpaired) electrons. The van der Waals surface area contributed by atoms with E-state index in [2.05, 4.69) is 9.62 Å². The topological polar surface area (TPSA) is 86.7 Å². The van der Waals surface area contributed by atoms with Crippen molar-refractivity contribution in [2.45, 2.75) is 30.7 Å². The van der Waals surface area contributed by atoms with Crippen LogP contribution in [0.15, 0.2) is 40.6 Å². The molecular formula is C18H22N2O4S2. The second kappa shape index (κ2) is 7.87. The summed E-state index contributed by atoms with van der Waals surface area (Å²) in [4.78, 5) is 14.7. The number of carboxylic acids is 1. The highest BCUT2D eigenvalue weighted by molar-refractivity contribution is 7.89. The van der Waals surface area contributed by atoms with Gasteiger partial charge in [-0.2, -0.15) is 0 Å². The van der Waals surface area contributed by atoms with Gasteiger partial charge in [-0.1, -0.05) is 12.1 Å². The lowest BCUT2D eigenvalue weighted by atomic mass is 10.1. The van der Waals surface area contributed by atoms with E-state index >= 15 is 0 Å². The largest absolute Gasteiger partial charge is 0.478 e. The van der Waals surface area contributed by atoms with Crippen molar-refractivity contribution in [3.63, 3.8) is 0 Å². The molecule has 0 saturated carbocycles. The first-order valence-electron chi connectivity index (χ1n) is 8.49. The first kappa shape index (κ1) is 19.0. The van der Waals surface area contributed by atoms with Crippen molar-refractivity contribution in [2.24, 2.45) is 0 Å². The second-order valence-corrected chi connectivity index (χ2v) is 9.15. The SMILES string of the molecule is Cc1ccc(S(=O)(=O)NC[C@@H](c2cccs2)N2CCCC2)cc1C(=O)O. The smallest absolute Gasteiger partial charge is 0.335 e. The molecule has 1 atom stereocenters. The van der Waals surface area contributed by atoms with Gasteiger partial charge in [0.2, 0.25) is 10.0 Å². The molecule has 6 nitrogen and oxygen atoms in total. The third-order valence-corrected chi connectivity index (χ3v) is 7.06. The molecule has 3 rings (SSSR count). The van der Waals surface area contributed by atoms with Gasteiger partial charge in [-0.05, 0) is 62.0 Å².